The van der Waals surface area contributed by atoms with Gasteiger partial charge in [-0.3, -0.25) is 4.90 Å². The molecular weight excluding hydrogens is 523 g/mol. The number of carbonyl (C=O) groups is 1. The number of ether oxygens (including phenoxy) is 2. The van der Waals surface area contributed by atoms with E-state index < -0.39 is 28.9 Å². The third kappa shape index (κ3) is 4.73. The van der Waals surface area contributed by atoms with Crippen LogP contribution in [0.15, 0.2) is 6.07 Å². The van der Waals surface area contributed by atoms with Gasteiger partial charge < -0.3 is 19.3 Å². The van der Waals surface area contributed by atoms with E-state index in [1.54, 1.807) is 4.90 Å². The Bertz CT molecular complexity index is 1320. The Morgan fingerprint density at radius 3 is 2.73 bits per heavy atom. The highest BCUT2D eigenvalue weighted by atomic mass is 19.1. The lowest BCUT2D eigenvalue weighted by molar-refractivity contribution is 0.00970. The summed E-state index contributed by atoms with van der Waals surface area (Å²) in [5.41, 5.74) is -0.641. The van der Waals surface area contributed by atoms with Crippen LogP contribution in [0.25, 0.3) is 10.9 Å². The maximum absolute atomic E-state index is 15.2. The fraction of sp³-hybridized carbons (Fsp3) is 0.690. The van der Waals surface area contributed by atoms with E-state index >= 15 is 8.78 Å². The Balaban J connectivity index is 1.36. The van der Waals surface area contributed by atoms with Crippen LogP contribution < -0.4 is 9.64 Å². The lowest BCUT2D eigenvalue weighted by atomic mass is 9.95. The first-order chi connectivity index (χ1) is 19.0. The zero-order chi connectivity index (χ0) is 28.4. The molecule has 0 radical (unpaired) electrons. The highest BCUT2D eigenvalue weighted by Gasteiger charge is 2.49. The molecule has 0 aliphatic carbocycles. The summed E-state index contributed by atoms with van der Waals surface area (Å²) >= 11 is 0. The molecule has 218 valence electrons. The molecule has 1 aromatic carbocycles. The number of alkyl halides is 1. The van der Waals surface area contributed by atoms with Gasteiger partial charge in [0.2, 0.25) is 0 Å². The summed E-state index contributed by atoms with van der Waals surface area (Å²) in [5.74, 6) is -0.971. The quantitative estimate of drug-likeness (QED) is 0.520. The van der Waals surface area contributed by atoms with Crippen LogP contribution in [0, 0.1) is 11.6 Å². The van der Waals surface area contributed by atoms with E-state index in [9.17, 15) is 9.18 Å². The topological polar surface area (TPSA) is 71.0 Å². The number of hydrogen-bond acceptors (Lipinski definition) is 7. The lowest BCUT2D eigenvalue weighted by Gasteiger charge is -2.46. The molecule has 8 nitrogen and oxygen atoms in total. The van der Waals surface area contributed by atoms with E-state index in [0.717, 1.165) is 25.5 Å². The number of anilines is 1. The molecule has 4 atom stereocenters. The van der Waals surface area contributed by atoms with Gasteiger partial charge in [-0.15, -0.1) is 0 Å². The second-order valence-corrected chi connectivity index (χ2v) is 12.8. The van der Waals surface area contributed by atoms with E-state index in [1.807, 2.05) is 27.7 Å². The maximum Gasteiger partial charge on any atom is 0.410 e. The molecular formula is C29H38F3N5O3. The standard InChI is InChI=1S/C29H38F3N5O3/c1-5-18-14-36-19(15-37(18)27(38)40-28(2,3)4)7-8-20-21(31)11-22(32)24-23(20)25(36)34-26(33-24)39-16-29-9-6-10-35(29)13-17(30)12-29/h11,17-19H,5-10,12-16H2,1-4H3/t17-,18-,19-,29+/m1/s1. The fourth-order valence-corrected chi connectivity index (χ4v) is 7.09. The molecule has 0 N–H and O–H groups in total. The molecule has 0 spiro atoms. The van der Waals surface area contributed by atoms with Gasteiger partial charge in [-0.25, -0.2) is 18.0 Å². The summed E-state index contributed by atoms with van der Waals surface area (Å²) in [6.07, 6.45) is 2.49. The van der Waals surface area contributed by atoms with Crippen molar-refractivity contribution < 1.29 is 27.4 Å². The smallest absolute Gasteiger partial charge is 0.410 e. The fourth-order valence-electron chi connectivity index (χ4n) is 7.09. The highest BCUT2D eigenvalue weighted by molar-refractivity contribution is 5.94. The van der Waals surface area contributed by atoms with Gasteiger partial charge >= 0.3 is 12.1 Å². The monoisotopic (exact) mass is 561 g/mol. The van der Waals surface area contributed by atoms with Gasteiger partial charge in [-0.05, 0) is 59.4 Å². The van der Waals surface area contributed by atoms with Crippen LogP contribution in [0.1, 0.15) is 65.4 Å². The minimum absolute atomic E-state index is 0.00533. The zero-order valence-electron chi connectivity index (χ0n) is 23.7. The van der Waals surface area contributed by atoms with Crippen LogP contribution in [-0.2, 0) is 11.2 Å². The van der Waals surface area contributed by atoms with Crippen LogP contribution in [0.5, 0.6) is 6.01 Å². The predicted molar refractivity (Wildman–Crippen MR) is 144 cm³/mol. The first-order valence-corrected chi connectivity index (χ1v) is 14.4. The number of aryl methyl sites for hydroxylation is 1. The summed E-state index contributed by atoms with van der Waals surface area (Å²) in [6, 6.07) is 0.534. The Hall–Kier alpha value is -2.82. The van der Waals surface area contributed by atoms with E-state index in [-0.39, 0.29) is 36.3 Å². The second kappa shape index (κ2) is 9.92. The number of hydrogen-bond donors (Lipinski definition) is 0. The van der Waals surface area contributed by atoms with Crippen molar-refractivity contribution in [2.75, 3.05) is 37.7 Å². The van der Waals surface area contributed by atoms with Gasteiger partial charge in [0.15, 0.2) is 5.82 Å². The molecule has 0 unspecified atom stereocenters. The maximum atomic E-state index is 15.2. The van der Waals surface area contributed by atoms with Crippen molar-refractivity contribution in [3.63, 3.8) is 0 Å². The summed E-state index contributed by atoms with van der Waals surface area (Å²) in [5, 5.41) is 0.360. The molecule has 2 aromatic rings. The van der Waals surface area contributed by atoms with Crippen molar-refractivity contribution in [1.29, 1.82) is 0 Å². The van der Waals surface area contributed by atoms with Crippen molar-refractivity contribution in [3.05, 3.63) is 23.3 Å². The number of rotatable bonds is 4. The van der Waals surface area contributed by atoms with Gasteiger partial charge in [-0.1, -0.05) is 6.92 Å². The number of amides is 1. The molecule has 40 heavy (non-hydrogen) atoms. The van der Waals surface area contributed by atoms with Crippen molar-refractivity contribution >= 4 is 22.8 Å². The number of nitrogens with zero attached hydrogens (tertiary/aromatic N) is 5. The van der Waals surface area contributed by atoms with Crippen LogP contribution in [-0.4, -0.2) is 88.0 Å². The molecule has 4 aliphatic rings. The third-order valence-electron chi connectivity index (χ3n) is 8.97. The number of piperazine rings is 1. The average Bonchev–Trinajstić information content (AvgIpc) is 3.35. The normalized spacial score (nSPS) is 28.4. The number of benzene rings is 1. The lowest BCUT2D eigenvalue weighted by Crippen LogP contribution is -2.60. The van der Waals surface area contributed by atoms with E-state index in [2.05, 4.69) is 14.8 Å². The Morgan fingerprint density at radius 2 is 1.98 bits per heavy atom. The van der Waals surface area contributed by atoms with Crippen LogP contribution in [0.3, 0.4) is 0 Å². The van der Waals surface area contributed by atoms with Crippen LogP contribution in [0.4, 0.5) is 23.8 Å². The zero-order valence-corrected chi connectivity index (χ0v) is 23.7. The van der Waals surface area contributed by atoms with Crippen LogP contribution in [0.2, 0.25) is 0 Å². The number of aromatic nitrogens is 2. The molecule has 0 saturated carbocycles. The molecule has 6 rings (SSSR count). The first kappa shape index (κ1) is 27.4. The van der Waals surface area contributed by atoms with E-state index in [1.165, 1.54) is 0 Å². The van der Waals surface area contributed by atoms with Gasteiger partial charge in [0.1, 0.15) is 35.5 Å². The van der Waals surface area contributed by atoms with Crippen molar-refractivity contribution in [3.8, 4) is 6.01 Å². The molecule has 5 heterocycles. The van der Waals surface area contributed by atoms with Crippen molar-refractivity contribution in [2.45, 2.75) is 95.6 Å². The summed E-state index contributed by atoms with van der Waals surface area (Å²) in [6.45, 7) is 9.76. The number of fused-ring (bicyclic) bond motifs is 3. The summed E-state index contributed by atoms with van der Waals surface area (Å²) < 4.78 is 56.5. The second-order valence-electron chi connectivity index (χ2n) is 12.8. The Kier molecular flexibility index (Phi) is 6.79. The molecule has 1 aromatic heterocycles. The number of halogens is 3. The van der Waals surface area contributed by atoms with Gasteiger partial charge in [0.05, 0.1) is 17.0 Å². The van der Waals surface area contributed by atoms with E-state index in [4.69, 9.17) is 14.5 Å². The number of carbonyl (C=O) groups excluding carboxylic acids is 1. The van der Waals surface area contributed by atoms with Gasteiger partial charge in [0.25, 0.3) is 0 Å². The molecule has 3 fully saturated rings. The minimum atomic E-state index is -0.901. The van der Waals surface area contributed by atoms with Crippen LogP contribution >= 0.6 is 0 Å². The molecule has 4 aliphatic heterocycles. The summed E-state index contributed by atoms with van der Waals surface area (Å²) in [4.78, 5) is 28.3. The summed E-state index contributed by atoms with van der Waals surface area (Å²) in [7, 11) is 0. The van der Waals surface area contributed by atoms with Gasteiger partial charge in [-0.2, -0.15) is 9.97 Å². The molecule has 11 heteroatoms. The third-order valence-corrected chi connectivity index (χ3v) is 8.97. The van der Waals surface area contributed by atoms with Gasteiger partial charge in [0, 0.05) is 43.7 Å². The Labute approximate surface area is 232 Å². The molecule has 0 bridgehead atoms. The highest BCUT2D eigenvalue weighted by Crippen LogP contribution is 2.42. The molecule has 3 saturated heterocycles. The SMILES string of the molecule is CC[C@@H]1CN2c3nc(OC[C@@]45CCCN4C[C@H](F)C5)nc4c(F)cc(F)c(c34)CC[C@@H]2CN1C(=O)OC(C)(C)C. The van der Waals surface area contributed by atoms with Crippen molar-refractivity contribution in [2.24, 2.45) is 0 Å². The Morgan fingerprint density at radius 1 is 1.18 bits per heavy atom. The molecule has 1 amide bonds. The first-order valence-electron chi connectivity index (χ1n) is 14.4. The average molecular weight is 562 g/mol. The minimum Gasteiger partial charge on any atom is -0.461 e. The van der Waals surface area contributed by atoms with E-state index in [0.29, 0.717) is 62.1 Å². The van der Waals surface area contributed by atoms with Crippen molar-refractivity contribution in [1.82, 2.24) is 19.8 Å². The predicted octanol–water partition coefficient (Wildman–Crippen LogP) is 5.01. The largest absolute Gasteiger partial charge is 0.461 e.